The molecule has 0 spiro atoms. The lowest BCUT2D eigenvalue weighted by molar-refractivity contribution is -0.117. The Labute approximate surface area is 198 Å². The topological polar surface area (TPSA) is 76.7 Å². The molecule has 0 atom stereocenters. The monoisotopic (exact) mass is 454 g/mol. The molecule has 0 saturated carbocycles. The van der Waals surface area contributed by atoms with Crippen LogP contribution in [0, 0.1) is 0 Å². The number of ether oxygens (including phenoxy) is 2. The number of carbonyl (C=O) groups excluding carboxylic acids is 2. The predicted octanol–water partition coefficient (Wildman–Crippen LogP) is 6.57. The van der Waals surface area contributed by atoms with Gasteiger partial charge in [0, 0.05) is 36.3 Å². The summed E-state index contributed by atoms with van der Waals surface area (Å²) in [5.41, 5.74) is 1.51. The van der Waals surface area contributed by atoms with E-state index < -0.39 is 0 Å². The molecule has 0 fully saturated rings. The molecule has 0 saturated heterocycles. The van der Waals surface area contributed by atoms with Crippen LogP contribution in [0.4, 0.5) is 11.4 Å². The van der Waals surface area contributed by atoms with Crippen molar-refractivity contribution in [2.24, 2.45) is 0 Å². The van der Waals surface area contributed by atoms with Crippen molar-refractivity contribution in [2.75, 3.05) is 10.6 Å². The van der Waals surface area contributed by atoms with E-state index in [0.717, 1.165) is 55.0 Å². The van der Waals surface area contributed by atoms with Crippen molar-refractivity contribution < 1.29 is 19.1 Å². The van der Waals surface area contributed by atoms with Gasteiger partial charge in [-0.15, -0.1) is 0 Å². The second-order valence-electron chi connectivity index (χ2n) is 8.75. The number of rotatable bonds is 14. The number of unbranched alkanes of at least 4 members (excludes halogenated alkanes) is 4. The summed E-state index contributed by atoms with van der Waals surface area (Å²) < 4.78 is 11.3. The van der Waals surface area contributed by atoms with Gasteiger partial charge in [0.15, 0.2) is 0 Å². The van der Waals surface area contributed by atoms with Crippen LogP contribution in [0.5, 0.6) is 11.5 Å². The zero-order chi connectivity index (χ0) is 24.1. The molecule has 2 N–H and O–H groups in total. The fourth-order valence-corrected chi connectivity index (χ4v) is 3.39. The first kappa shape index (κ1) is 26.2. The van der Waals surface area contributed by atoms with Crippen LogP contribution in [0.15, 0.2) is 48.5 Å². The standard InChI is InChI=1S/C27H38N2O4/c1-20(2)32-24-14-10-12-22(18-24)28-26(30)16-8-6-5-7-9-17-27(31)29-23-13-11-15-25(19-23)33-21(3)4/h10-15,18-21H,5-9,16-17H2,1-4H3,(H,28,30)(H,29,31). The Hall–Kier alpha value is -3.02. The molecule has 0 heterocycles. The lowest BCUT2D eigenvalue weighted by Gasteiger charge is -2.11. The number of hydrogen-bond acceptors (Lipinski definition) is 4. The smallest absolute Gasteiger partial charge is 0.224 e. The van der Waals surface area contributed by atoms with Gasteiger partial charge in [-0.05, 0) is 64.8 Å². The minimum Gasteiger partial charge on any atom is -0.491 e. The molecule has 0 unspecified atom stereocenters. The van der Waals surface area contributed by atoms with Crippen molar-refractivity contribution in [3.8, 4) is 11.5 Å². The molecule has 0 radical (unpaired) electrons. The Bertz CT molecular complexity index is 808. The van der Waals surface area contributed by atoms with Crippen LogP contribution in [-0.4, -0.2) is 24.0 Å². The normalized spacial score (nSPS) is 10.8. The van der Waals surface area contributed by atoms with E-state index in [1.54, 1.807) is 0 Å². The van der Waals surface area contributed by atoms with Crippen LogP contribution in [0.25, 0.3) is 0 Å². The quantitative estimate of drug-likeness (QED) is 0.317. The zero-order valence-corrected chi connectivity index (χ0v) is 20.4. The number of anilines is 2. The van der Waals surface area contributed by atoms with Gasteiger partial charge in [0.25, 0.3) is 0 Å². The van der Waals surface area contributed by atoms with E-state index in [4.69, 9.17) is 9.47 Å². The van der Waals surface area contributed by atoms with E-state index in [0.29, 0.717) is 12.8 Å². The molecule has 6 nitrogen and oxygen atoms in total. The summed E-state index contributed by atoms with van der Waals surface area (Å²) in [6.07, 6.45) is 5.80. The maximum atomic E-state index is 12.2. The van der Waals surface area contributed by atoms with Gasteiger partial charge in [0.1, 0.15) is 11.5 Å². The molecule has 0 aliphatic rings. The fraction of sp³-hybridized carbons (Fsp3) is 0.481. The van der Waals surface area contributed by atoms with Gasteiger partial charge in [0.05, 0.1) is 12.2 Å². The van der Waals surface area contributed by atoms with Crippen molar-refractivity contribution in [1.29, 1.82) is 0 Å². The first-order valence-corrected chi connectivity index (χ1v) is 11.9. The van der Waals surface area contributed by atoms with Crippen molar-refractivity contribution >= 4 is 23.2 Å². The number of benzene rings is 2. The van der Waals surface area contributed by atoms with E-state index in [1.807, 2.05) is 76.2 Å². The van der Waals surface area contributed by atoms with Crippen LogP contribution in [-0.2, 0) is 9.59 Å². The highest BCUT2D eigenvalue weighted by atomic mass is 16.5. The number of nitrogens with one attached hydrogen (secondary N) is 2. The summed E-state index contributed by atoms with van der Waals surface area (Å²) in [6.45, 7) is 7.89. The van der Waals surface area contributed by atoms with Gasteiger partial charge in [-0.1, -0.05) is 31.4 Å². The highest BCUT2D eigenvalue weighted by molar-refractivity contribution is 5.91. The van der Waals surface area contributed by atoms with E-state index >= 15 is 0 Å². The molecule has 180 valence electrons. The Kier molecular flexibility index (Phi) is 11.3. The number of hydrogen-bond donors (Lipinski definition) is 2. The number of amides is 2. The predicted molar refractivity (Wildman–Crippen MR) is 134 cm³/mol. The maximum Gasteiger partial charge on any atom is 0.224 e. The van der Waals surface area contributed by atoms with Crippen LogP contribution < -0.4 is 20.1 Å². The summed E-state index contributed by atoms with van der Waals surface area (Å²) in [5, 5.41) is 5.86. The molecule has 0 aliphatic carbocycles. The minimum atomic E-state index is 0.0137. The highest BCUT2D eigenvalue weighted by Crippen LogP contribution is 2.20. The van der Waals surface area contributed by atoms with Crippen molar-refractivity contribution in [2.45, 2.75) is 84.8 Å². The summed E-state index contributed by atoms with van der Waals surface area (Å²) in [6, 6.07) is 14.9. The SMILES string of the molecule is CC(C)Oc1cccc(NC(=O)CCCCCCCC(=O)Nc2cccc(OC(C)C)c2)c1. The fourth-order valence-electron chi connectivity index (χ4n) is 3.39. The average Bonchev–Trinajstić information content (AvgIpc) is 2.72. The molecular weight excluding hydrogens is 416 g/mol. The molecular formula is C27H38N2O4. The third kappa shape index (κ3) is 11.4. The maximum absolute atomic E-state index is 12.2. The Morgan fingerprint density at radius 2 is 1.06 bits per heavy atom. The third-order valence-electron chi connectivity index (χ3n) is 4.79. The second-order valence-corrected chi connectivity index (χ2v) is 8.75. The van der Waals surface area contributed by atoms with Crippen molar-refractivity contribution in [3.63, 3.8) is 0 Å². The van der Waals surface area contributed by atoms with Crippen molar-refractivity contribution in [1.82, 2.24) is 0 Å². The van der Waals surface area contributed by atoms with Crippen LogP contribution in [0.1, 0.15) is 72.6 Å². The third-order valence-corrected chi connectivity index (χ3v) is 4.79. The van der Waals surface area contributed by atoms with E-state index in [9.17, 15) is 9.59 Å². The Balaban J connectivity index is 1.56. The van der Waals surface area contributed by atoms with Gasteiger partial charge in [-0.25, -0.2) is 0 Å². The molecule has 33 heavy (non-hydrogen) atoms. The number of carbonyl (C=O) groups is 2. The molecule has 6 heteroatoms. The second kappa shape index (κ2) is 14.2. The van der Waals surface area contributed by atoms with Crippen molar-refractivity contribution in [3.05, 3.63) is 48.5 Å². The lowest BCUT2D eigenvalue weighted by atomic mass is 10.1. The summed E-state index contributed by atoms with van der Waals surface area (Å²) in [4.78, 5) is 24.3. The molecule has 0 aliphatic heterocycles. The van der Waals surface area contributed by atoms with Gasteiger partial charge >= 0.3 is 0 Å². The van der Waals surface area contributed by atoms with Gasteiger partial charge in [0.2, 0.25) is 11.8 Å². The molecule has 2 aromatic rings. The van der Waals surface area contributed by atoms with Crippen LogP contribution in [0.3, 0.4) is 0 Å². The lowest BCUT2D eigenvalue weighted by Crippen LogP contribution is -2.12. The minimum absolute atomic E-state index is 0.0137. The summed E-state index contributed by atoms with van der Waals surface area (Å²) >= 11 is 0. The van der Waals surface area contributed by atoms with Gasteiger partial charge in [-0.3, -0.25) is 9.59 Å². The Morgan fingerprint density at radius 3 is 1.45 bits per heavy atom. The highest BCUT2D eigenvalue weighted by Gasteiger charge is 2.06. The molecule has 0 bridgehead atoms. The first-order chi connectivity index (χ1) is 15.8. The van der Waals surface area contributed by atoms with Gasteiger partial charge < -0.3 is 20.1 Å². The Morgan fingerprint density at radius 1 is 0.667 bits per heavy atom. The van der Waals surface area contributed by atoms with Crippen LogP contribution in [0.2, 0.25) is 0 Å². The molecule has 2 rings (SSSR count). The molecule has 2 aromatic carbocycles. The zero-order valence-electron chi connectivity index (χ0n) is 20.4. The molecule has 2 amide bonds. The van der Waals surface area contributed by atoms with E-state index in [1.165, 1.54) is 0 Å². The van der Waals surface area contributed by atoms with E-state index in [2.05, 4.69) is 10.6 Å². The summed E-state index contributed by atoms with van der Waals surface area (Å²) in [7, 11) is 0. The molecule has 0 aromatic heterocycles. The van der Waals surface area contributed by atoms with Gasteiger partial charge in [-0.2, -0.15) is 0 Å². The van der Waals surface area contributed by atoms with Crippen LogP contribution >= 0.6 is 0 Å². The first-order valence-electron chi connectivity index (χ1n) is 11.9. The average molecular weight is 455 g/mol. The largest absolute Gasteiger partial charge is 0.491 e. The van der Waals surface area contributed by atoms with E-state index in [-0.39, 0.29) is 24.0 Å². The summed E-state index contributed by atoms with van der Waals surface area (Å²) in [5.74, 6) is 1.53.